The highest BCUT2D eigenvalue weighted by Crippen LogP contribution is 2.30. The van der Waals surface area contributed by atoms with E-state index in [9.17, 15) is 0 Å². The third-order valence-corrected chi connectivity index (χ3v) is 3.74. The monoisotopic (exact) mass is 245 g/mol. The minimum absolute atomic E-state index is 0.387. The fraction of sp³-hybridized carbons (Fsp3) is 0.500. The number of benzene rings is 1. The zero-order valence-corrected chi connectivity index (χ0v) is 11.4. The Kier molecular flexibility index (Phi) is 4.82. The lowest BCUT2D eigenvalue weighted by molar-refractivity contribution is 0.217. The first-order valence-corrected chi connectivity index (χ1v) is 6.89. The maximum absolute atomic E-state index is 5.49. The lowest BCUT2D eigenvalue weighted by Gasteiger charge is -2.30. The summed E-state index contributed by atoms with van der Waals surface area (Å²) >= 11 is 0. The number of likely N-dealkylation sites (N-methyl/N-ethyl adjacent to an activating group) is 1. The van der Waals surface area contributed by atoms with Crippen molar-refractivity contribution in [3.05, 3.63) is 47.7 Å². The quantitative estimate of drug-likeness (QED) is 0.857. The minimum Gasteiger partial charge on any atom is -0.501 e. The van der Waals surface area contributed by atoms with E-state index in [0.29, 0.717) is 12.0 Å². The van der Waals surface area contributed by atoms with Crippen molar-refractivity contribution in [1.82, 2.24) is 5.32 Å². The molecule has 2 atom stereocenters. The average Bonchev–Trinajstić information content (AvgIpc) is 2.46. The van der Waals surface area contributed by atoms with Crippen LogP contribution in [0.5, 0.6) is 0 Å². The molecule has 0 fully saturated rings. The Hall–Kier alpha value is -1.28. The van der Waals surface area contributed by atoms with Gasteiger partial charge in [0.25, 0.3) is 0 Å². The fourth-order valence-electron chi connectivity index (χ4n) is 2.82. The van der Waals surface area contributed by atoms with E-state index in [1.165, 1.54) is 11.1 Å². The molecular weight excluding hydrogens is 222 g/mol. The van der Waals surface area contributed by atoms with Gasteiger partial charge in [0.2, 0.25) is 0 Å². The second-order valence-electron chi connectivity index (χ2n) is 4.86. The highest BCUT2D eigenvalue weighted by atomic mass is 16.5. The first-order chi connectivity index (χ1) is 8.86. The Morgan fingerprint density at radius 1 is 1.28 bits per heavy atom. The van der Waals surface area contributed by atoms with E-state index >= 15 is 0 Å². The molecule has 0 aromatic heterocycles. The van der Waals surface area contributed by atoms with Crippen LogP contribution in [0.15, 0.2) is 42.2 Å². The van der Waals surface area contributed by atoms with Crippen LogP contribution in [0.4, 0.5) is 0 Å². The van der Waals surface area contributed by atoms with Gasteiger partial charge in [0.1, 0.15) is 0 Å². The van der Waals surface area contributed by atoms with Gasteiger partial charge in [0.05, 0.1) is 12.9 Å². The topological polar surface area (TPSA) is 21.3 Å². The van der Waals surface area contributed by atoms with E-state index in [-0.39, 0.29) is 0 Å². The number of hydrogen-bond acceptors (Lipinski definition) is 2. The van der Waals surface area contributed by atoms with Gasteiger partial charge in [0.15, 0.2) is 0 Å². The number of ether oxygens (including phenoxy) is 1. The number of nitrogens with one attached hydrogen (secondary N) is 1. The molecule has 18 heavy (non-hydrogen) atoms. The van der Waals surface area contributed by atoms with Gasteiger partial charge in [-0.05, 0) is 37.4 Å². The van der Waals surface area contributed by atoms with Crippen molar-refractivity contribution >= 4 is 0 Å². The molecule has 0 saturated carbocycles. The zero-order valence-electron chi connectivity index (χ0n) is 11.4. The Morgan fingerprint density at radius 2 is 2.06 bits per heavy atom. The lowest BCUT2D eigenvalue weighted by atomic mass is 9.83. The highest BCUT2D eigenvalue weighted by molar-refractivity contribution is 5.26. The Bertz CT molecular complexity index is 385. The van der Waals surface area contributed by atoms with Gasteiger partial charge in [-0.15, -0.1) is 0 Å². The van der Waals surface area contributed by atoms with E-state index in [4.69, 9.17) is 4.74 Å². The van der Waals surface area contributed by atoms with Crippen LogP contribution in [0.2, 0.25) is 0 Å². The van der Waals surface area contributed by atoms with Gasteiger partial charge in [-0.25, -0.2) is 0 Å². The first kappa shape index (κ1) is 13.2. The molecule has 98 valence electrons. The van der Waals surface area contributed by atoms with Crippen molar-refractivity contribution < 1.29 is 4.74 Å². The average molecular weight is 245 g/mol. The summed E-state index contributed by atoms with van der Waals surface area (Å²) in [5.74, 6) is 0.518. The summed E-state index contributed by atoms with van der Waals surface area (Å²) < 4.78 is 5.49. The molecule has 0 saturated heterocycles. The van der Waals surface area contributed by atoms with Crippen LogP contribution in [0.3, 0.4) is 0 Å². The molecule has 2 heteroatoms. The van der Waals surface area contributed by atoms with Gasteiger partial charge in [-0.3, -0.25) is 0 Å². The summed E-state index contributed by atoms with van der Waals surface area (Å²) in [6, 6.07) is 11.2. The normalized spacial score (nSPS) is 18.7. The predicted octanol–water partition coefficient (Wildman–Crippen LogP) is 3.46. The third kappa shape index (κ3) is 2.94. The molecule has 0 spiro atoms. The fourth-order valence-corrected chi connectivity index (χ4v) is 2.82. The van der Waals surface area contributed by atoms with E-state index in [1.54, 1.807) is 0 Å². The summed E-state index contributed by atoms with van der Waals surface area (Å²) in [5.41, 5.74) is 2.81. The van der Waals surface area contributed by atoms with Crippen LogP contribution >= 0.6 is 0 Å². The van der Waals surface area contributed by atoms with Crippen molar-refractivity contribution in [2.24, 2.45) is 0 Å². The smallest absolute Gasteiger partial charge is 0.0876 e. The molecule has 0 bridgehead atoms. The lowest BCUT2D eigenvalue weighted by Crippen LogP contribution is -2.34. The van der Waals surface area contributed by atoms with Crippen molar-refractivity contribution in [3.63, 3.8) is 0 Å². The molecule has 1 N–H and O–H groups in total. The van der Waals surface area contributed by atoms with Crippen LogP contribution in [0.25, 0.3) is 0 Å². The Morgan fingerprint density at radius 3 is 2.61 bits per heavy atom. The van der Waals surface area contributed by atoms with Crippen LogP contribution in [0, 0.1) is 0 Å². The molecule has 2 rings (SSSR count). The summed E-state index contributed by atoms with van der Waals surface area (Å²) in [6.07, 6.45) is 5.38. The van der Waals surface area contributed by atoms with E-state index in [0.717, 1.165) is 25.9 Å². The molecule has 0 aliphatic carbocycles. The van der Waals surface area contributed by atoms with Crippen molar-refractivity contribution in [1.29, 1.82) is 0 Å². The molecule has 1 aromatic rings. The van der Waals surface area contributed by atoms with Crippen LogP contribution in [0.1, 0.15) is 37.7 Å². The van der Waals surface area contributed by atoms with Gasteiger partial charge in [-0.1, -0.05) is 37.3 Å². The van der Waals surface area contributed by atoms with Crippen molar-refractivity contribution in [2.45, 2.75) is 38.1 Å². The zero-order chi connectivity index (χ0) is 12.8. The molecule has 0 amide bonds. The third-order valence-electron chi connectivity index (χ3n) is 3.74. The summed E-state index contributed by atoms with van der Waals surface area (Å²) in [5, 5.41) is 3.47. The maximum Gasteiger partial charge on any atom is 0.0876 e. The molecule has 2 nitrogen and oxygen atoms in total. The van der Waals surface area contributed by atoms with Crippen molar-refractivity contribution in [3.8, 4) is 0 Å². The maximum atomic E-state index is 5.49. The standard InChI is InChI=1S/C16H23NO/c1-3-15(13-8-5-4-6-9-13)16(17-2)14-10-7-11-18-12-14/h4-6,8-9,12,15-17H,3,7,10-11H2,1-2H3. The van der Waals surface area contributed by atoms with Gasteiger partial charge in [0, 0.05) is 12.0 Å². The molecule has 1 aromatic carbocycles. The molecule has 1 aliphatic rings. The van der Waals surface area contributed by atoms with E-state index in [1.807, 2.05) is 13.3 Å². The second-order valence-corrected chi connectivity index (χ2v) is 4.86. The first-order valence-electron chi connectivity index (χ1n) is 6.89. The molecule has 2 unspecified atom stereocenters. The van der Waals surface area contributed by atoms with Gasteiger partial charge in [-0.2, -0.15) is 0 Å². The Balaban J connectivity index is 2.21. The van der Waals surface area contributed by atoms with Crippen molar-refractivity contribution in [2.75, 3.05) is 13.7 Å². The SMILES string of the molecule is CCC(c1ccccc1)C(NC)C1=COCCC1. The highest BCUT2D eigenvalue weighted by Gasteiger charge is 2.24. The van der Waals surface area contributed by atoms with E-state index < -0.39 is 0 Å². The van der Waals surface area contributed by atoms with Crippen LogP contribution < -0.4 is 5.32 Å². The largest absolute Gasteiger partial charge is 0.501 e. The second kappa shape index (κ2) is 6.60. The predicted molar refractivity (Wildman–Crippen MR) is 75.6 cm³/mol. The molecular formula is C16H23NO. The molecule has 1 aliphatic heterocycles. The Labute approximate surface area is 110 Å². The number of rotatable bonds is 5. The molecule has 0 radical (unpaired) electrons. The number of hydrogen-bond donors (Lipinski definition) is 1. The van der Waals surface area contributed by atoms with Crippen LogP contribution in [-0.4, -0.2) is 19.7 Å². The molecule has 1 heterocycles. The van der Waals surface area contributed by atoms with E-state index in [2.05, 4.69) is 42.6 Å². The minimum atomic E-state index is 0.387. The van der Waals surface area contributed by atoms with Gasteiger partial charge >= 0.3 is 0 Å². The summed E-state index contributed by atoms with van der Waals surface area (Å²) in [6.45, 7) is 3.12. The van der Waals surface area contributed by atoms with Gasteiger partial charge < -0.3 is 10.1 Å². The summed E-state index contributed by atoms with van der Waals surface area (Å²) in [7, 11) is 2.05. The van der Waals surface area contributed by atoms with Crippen LogP contribution in [-0.2, 0) is 4.74 Å². The summed E-state index contributed by atoms with van der Waals surface area (Å²) in [4.78, 5) is 0.